The van der Waals surface area contributed by atoms with Crippen LogP contribution in [0.2, 0.25) is 0 Å². The standard InChI is InChI=1S/C18H19NO4/c1-12-5-3-6-13(2)17(12)22-10-4-7-14(11-19)15-8-9-16(23-15)18(20)21/h3,5-6,8-9,14H,4,7,10H2,1-2H3,(H,20,21). The number of nitrogens with zero attached hydrogens (tertiary/aromatic N) is 1. The van der Waals surface area contributed by atoms with Crippen molar-refractivity contribution in [1.82, 2.24) is 0 Å². The molecule has 0 aliphatic rings. The summed E-state index contributed by atoms with van der Waals surface area (Å²) in [6.07, 6.45) is 1.23. The van der Waals surface area contributed by atoms with Crippen molar-refractivity contribution in [1.29, 1.82) is 5.26 Å². The molecule has 1 aromatic heterocycles. The maximum Gasteiger partial charge on any atom is 0.371 e. The number of nitriles is 1. The minimum atomic E-state index is -1.13. The van der Waals surface area contributed by atoms with Crippen LogP contribution >= 0.6 is 0 Å². The number of aryl methyl sites for hydroxylation is 2. The lowest BCUT2D eigenvalue weighted by molar-refractivity contribution is 0.0660. The van der Waals surface area contributed by atoms with E-state index in [1.54, 1.807) is 6.07 Å². The van der Waals surface area contributed by atoms with Crippen LogP contribution in [0.5, 0.6) is 5.75 Å². The van der Waals surface area contributed by atoms with E-state index in [9.17, 15) is 10.1 Å². The number of hydrogen-bond acceptors (Lipinski definition) is 4. The van der Waals surface area contributed by atoms with Gasteiger partial charge in [-0.25, -0.2) is 4.79 Å². The lowest BCUT2D eigenvalue weighted by Gasteiger charge is -2.12. The van der Waals surface area contributed by atoms with Gasteiger partial charge in [-0.05, 0) is 49.9 Å². The first-order valence-corrected chi connectivity index (χ1v) is 7.44. The summed E-state index contributed by atoms with van der Waals surface area (Å²) >= 11 is 0. The average molecular weight is 313 g/mol. The molecule has 1 unspecified atom stereocenters. The fourth-order valence-electron chi connectivity index (χ4n) is 2.41. The van der Waals surface area contributed by atoms with Gasteiger partial charge < -0.3 is 14.3 Å². The molecule has 0 fully saturated rings. The molecular formula is C18H19NO4. The van der Waals surface area contributed by atoms with Crippen LogP contribution in [0.3, 0.4) is 0 Å². The van der Waals surface area contributed by atoms with E-state index < -0.39 is 11.9 Å². The van der Waals surface area contributed by atoms with E-state index >= 15 is 0 Å². The Morgan fingerprint density at radius 2 is 2.00 bits per heavy atom. The Balaban J connectivity index is 1.89. The molecule has 120 valence electrons. The lowest BCUT2D eigenvalue weighted by atomic mass is 10.0. The third kappa shape index (κ3) is 4.13. The van der Waals surface area contributed by atoms with E-state index in [0.717, 1.165) is 16.9 Å². The Morgan fingerprint density at radius 3 is 2.57 bits per heavy atom. The van der Waals surface area contributed by atoms with Crippen LogP contribution in [0, 0.1) is 25.2 Å². The highest BCUT2D eigenvalue weighted by molar-refractivity contribution is 5.84. The summed E-state index contributed by atoms with van der Waals surface area (Å²) in [6, 6.07) is 11.0. The molecule has 0 aliphatic carbocycles. The summed E-state index contributed by atoms with van der Waals surface area (Å²) in [4.78, 5) is 10.8. The highest BCUT2D eigenvalue weighted by Crippen LogP contribution is 2.25. The topological polar surface area (TPSA) is 83.5 Å². The van der Waals surface area contributed by atoms with Crippen LogP contribution in [0.15, 0.2) is 34.7 Å². The molecule has 5 nitrogen and oxygen atoms in total. The maximum atomic E-state index is 10.8. The number of furan rings is 1. The van der Waals surface area contributed by atoms with Crippen molar-refractivity contribution in [3.05, 3.63) is 53.0 Å². The molecule has 2 rings (SSSR count). The van der Waals surface area contributed by atoms with Crippen LogP contribution < -0.4 is 4.74 Å². The van der Waals surface area contributed by atoms with Gasteiger partial charge in [0.15, 0.2) is 0 Å². The number of hydrogen-bond donors (Lipinski definition) is 1. The third-order valence-electron chi connectivity index (χ3n) is 3.63. The van der Waals surface area contributed by atoms with Gasteiger partial charge in [0.25, 0.3) is 0 Å². The summed E-state index contributed by atoms with van der Waals surface area (Å²) in [7, 11) is 0. The molecule has 0 bridgehead atoms. The minimum absolute atomic E-state index is 0.146. The number of ether oxygens (including phenoxy) is 1. The average Bonchev–Trinajstić information content (AvgIpc) is 3.00. The number of carboxylic acids is 1. The zero-order chi connectivity index (χ0) is 16.8. The normalized spacial score (nSPS) is 11.7. The fraction of sp³-hybridized carbons (Fsp3) is 0.333. The first kappa shape index (κ1) is 16.6. The summed E-state index contributed by atoms with van der Waals surface area (Å²) in [6.45, 7) is 4.49. The molecule has 0 saturated heterocycles. The Hall–Kier alpha value is -2.74. The Kier molecular flexibility index (Phi) is 5.42. The number of benzene rings is 1. The van der Waals surface area contributed by atoms with Gasteiger partial charge in [-0.3, -0.25) is 0 Å². The molecule has 1 N–H and O–H groups in total. The van der Waals surface area contributed by atoms with E-state index in [2.05, 4.69) is 6.07 Å². The van der Waals surface area contributed by atoms with E-state index in [-0.39, 0.29) is 5.76 Å². The molecular weight excluding hydrogens is 294 g/mol. The van der Waals surface area contributed by atoms with Gasteiger partial charge in [0.2, 0.25) is 5.76 Å². The van der Waals surface area contributed by atoms with Crippen LogP contribution in [0.4, 0.5) is 0 Å². The van der Waals surface area contributed by atoms with Gasteiger partial charge in [0, 0.05) is 0 Å². The van der Waals surface area contributed by atoms with Gasteiger partial charge in [-0.2, -0.15) is 5.26 Å². The summed E-state index contributed by atoms with van der Waals surface area (Å²) in [5.74, 6) is -0.479. The first-order valence-electron chi connectivity index (χ1n) is 7.44. The molecule has 0 radical (unpaired) electrons. The summed E-state index contributed by atoms with van der Waals surface area (Å²) < 4.78 is 11.0. The van der Waals surface area contributed by atoms with Crippen molar-refractivity contribution in [2.24, 2.45) is 0 Å². The predicted octanol–water partition coefficient (Wildman–Crippen LogP) is 4.06. The molecule has 0 amide bonds. The van der Waals surface area contributed by atoms with Gasteiger partial charge in [-0.15, -0.1) is 0 Å². The number of carboxylic acid groups (broad SMARTS) is 1. The van der Waals surface area contributed by atoms with Crippen molar-refractivity contribution >= 4 is 5.97 Å². The molecule has 0 saturated carbocycles. The van der Waals surface area contributed by atoms with Gasteiger partial charge in [0.1, 0.15) is 17.4 Å². The Bertz CT molecular complexity index is 707. The molecule has 2 aromatic rings. The van der Waals surface area contributed by atoms with E-state index in [0.29, 0.717) is 25.2 Å². The molecule has 1 aromatic carbocycles. The Labute approximate surface area is 135 Å². The van der Waals surface area contributed by atoms with Crippen LogP contribution in [-0.4, -0.2) is 17.7 Å². The number of aromatic carboxylic acids is 1. The van der Waals surface area contributed by atoms with E-state index in [1.807, 2.05) is 32.0 Å². The molecule has 0 aliphatic heterocycles. The van der Waals surface area contributed by atoms with E-state index in [1.165, 1.54) is 6.07 Å². The summed E-state index contributed by atoms with van der Waals surface area (Å²) in [5, 5.41) is 18.1. The number of para-hydroxylation sites is 1. The summed E-state index contributed by atoms with van der Waals surface area (Å²) in [5.41, 5.74) is 2.16. The van der Waals surface area contributed by atoms with Crippen LogP contribution in [0.1, 0.15) is 46.2 Å². The van der Waals surface area contributed by atoms with Crippen molar-refractivity contribution in [3.63, 3.8) is 0 Å². The highest BCUT2D eigenvalue weighted by Gasteiger charge is 2.17. The van der Waals surface area contributed by atoms with Gasteiger partial charge in [-0.1, -0.05) is 18.2 Å². The zero-order valence-corrected chi connectivity index (χ0v) is 13.2. The van der Waals surface area contributed by atoms with Crippen LogP contribution in [0.25, 0.3) is 0 Å². The van der Waals surface area contributed by atoms with Crippen LogP contribution in [-0.2, 0) is 0 Å². The number of carbonyl (C=O) groups is 1. The number of rotatable bonds is 7. The van der Waals surface area contributed by atoms with Crippen molar-refractivity contribution in [3.8, 4) is 11.8 Å². The zero-order valence-electron chi connectivity index (χ0n) is 13.2. The second-order valence-electron chi connectivity index (χ2n) is 5.40. The lowest BCUT2D eigenvalue weighted by Crippen LogP contribution is -2.03. The van der Waals surface area contributed by atoms with Crippen molar-refractivity contribution in [2.75, 3.05) is 6.61 Å². The second-order valence-corrected chi connectivity index (χ2v) is 5.40. The molecule has 1 atom stereocenters. The van der Waals surface area contributed by atoms with Crippen molar-refractivity contribution < 1.29 is 19.1 Å². The smallest absolute Gasteiger partial charge is 0.371 e. The highest BCUT2D eigenvalue weighted by atomic mass is 16.5. The SMILES string of the molecule is Cc1cccc(C)c1OCCCC(C#N)c1ccc(C(=O)O)o1. The van der Waals surface area contributed by atoms with E-state index in [4.69, 9.17) is 14.3 Å². The van der Waals surface area contributed by atoms with Gasteiger partial charge in [0.05, 0.1) is 12.7 Å². The maximum absolute atomic E-state index is 10.8. The third-order valence-corrected chi connectivity index (χ3v) is 3.63. The van der Waals surface area contributed by atoms with Gasteiger partial charge >= 0.3 is 5.97 Å². The molecule has 23 heavy (non-hydrogen) atoms. The minimum Gasteiger partial charge on any atom is -0.493 e. The molecule has 1 heterocycles. The Morgan fingerprint density at radius 1 is 1.30 bits per heavy atom. The quantitative estimate of drug-likeness (QED) is 0.779. The largest absolute Gasteiger partial charge is 0.493 e. The predicted molar refractivity (Wildman–Crippen MR) is 84.7 cm³/mol. The monoisotopic (exact) mass is 313 g/mol. The molecule has 5 heteroatoms. The van der Waals surface area contributed by atoms with Crippen molar-refractivity contribution in [2.45, 2.75) is 32.6 Å². The molecule has 0 spiro atoms. The first-order chi connectivity index (χ1) is 11.0. The second kappa shape index (κ2) is 7.50. The fourth-order valence-corrected chi connectivity index (χ4v) is 2.41.